The van der Waals surface area contributed by atoms with E-state index in [1.54, 1.807) is 18.3 Å². The first-order valence-corrected chi connectivity index (χ1v) is 8.56. The molecule has 0 atom stereocenters. The molecular weight excluding hydrogens is 317 g/mol. The highest BCUT2D eigenvalue weighted by Crippen LogP contribution is 2.34. The highest BCUT2D eigenvalue weighted by molar-refractivity contribution is 6.31. The van der Waals surface area contributed by atoms with E-state index < -0.39 is 5.82 Å². The number of amides is 1. The van der Waals surface area contributed by atoms with E-state index in [1.165, 1.54) is 30.2 Å². The summed E-state index contributed by atoms with van der Waals surface area (Å²) in [5.74, 6) is -0.692. The topological polar surface area (TPSA) is 44.4 Å². The van der Waals surface area contributed by atoms with Crippen LogP contribution in [0.1, 0.15) is 24.0 Å². The molecule has 0 saturated carbocycles. The molecule has 0 spiro atoms. The van der Waals surface area contributed by atoms with Gasteiger partial charge in [0.15, 0.2) is 0 Å². The molecule has 0 aliphatic carbocycles. The smallest absolute Gasteiger partial charge is 0.257 e. The summed E-state index contributed by atoms with van der Waals surface area (Å²) in [6.07, 6.45) is 4.06. The third-order valence-electron chi connectivity index (χ3n) is 4.80. The largest absolute Gasteiger partial charge is 0.371 e. The van der Waals surface area contributed by atoms with Crippen molar-refractivity contribution in [1.82, 2.24) is 0 Å². The Hall–Kier alpha value is -2.82. The van der Waals surface area contributed by atoms with Crippen LogP contribution in [0.25, 0.3) is 5.57 Å². The third-order valence-corrected chi connectivity index (χ3v) is 4.80. The van der Waals surface area contributed by atoms with Crippen molar-refractivity contribution >= 4 is 28.5 Å². The monoisotopic (exact) mass is 337 g/mol. The average Bonchev–Trinajstić information content (AvgIpc) is 3.21. The van der Waals surface area contributed by atoms with Gasteiger partial charge < -0.3 is 15.5 Å². The van der Waals surface area contributed by atoms with Crippen molar-refractivity contribution < 1.29 is 9.18 Å². The maximum absolute atomic E-state index is 14.1. The molecule has 2 heterocycles. The van der Waals surface area contributed by atoms with Crippen LogP contribution in [0.15, 0.2) is 42.6 Å². The number of halogens is 1. The van der Waals surface area contributed by atoms with Crippen LogP contribution in [0.2, 0.25) is 0 Å². The summed E-state index contributed by atoms with van der Waals surface area (Å²) in [6.45, 7) is 4.30. The average molecular weight is 337 g/mol. The van der Waals surface area contributed by atoms with Gasteiger partial charge in [-0.2, -0.15) is 0 Å². The number of benzene rings is 2. The number of aryl methyl sites for hydroxylation is 1. The number of hydrogen-bond donors (Lipinski definition) is 2. The van der Waals surface area contributed by atoms with Crippen LogP contribution in [-0.2, 0) is 4.79 Å². The van der Waals surface area contributed by atoms with E-state index >= 15 is 0 Å². The minimum absolute atomic E-state index is 0.294. The predicted octanol–water partition coefficient (Wildman–Crippen LogP) is 4.14. The molecule has 1 amide bonds. The zero-order valence-electron chi connectivity index (χ0n) is 14.1. The van der Waals surface area contributed by atoms with Gasteiger partial charge in [0.1, 0.15) is 5.82 Å². The first-order chi connectivity index (χ1) is 12.1. The number of anilines is 3. The minimum Gasteiger partial charge on any atom is -0.371 e. The van der Waals surface area contributed by atoms with Gasteiger partial charge in [-0.05, 0) is 55.7 Å². The fraction of sp³-hybridized carbons (Fsp3) is 0.250. The summed E-state index contributed by atoms with van der Waals surface area (Å²) in [7, 11) is 0. The summed E-state index contributed by atoms with van der Waals surface area (Å²) in [4.78, 5) is 14.5. The summed E-state index contributed by atoms with van der Waals surface area (Å²) >= 11 is 0. The maximum Gasteiger partial charge on any atom is 0.257 e. The molecule has 5 heteroatoms. The zero-order valence-corrected chi connectivity index (χ0v) is 14.1. The maximum atomic E-state index is 14.1. The van der Waals surface area contributed by atoms with Crippen LogP contribution >= 0.6 is 0 Å². The Kier molecular flexibility index (Phi) is 3.92. The molecule has 2 aliphatic rings. The Morgan fingerprint density at radius 3 is 2.76 bits per heavy atom. The quantitative estimate of drug-likeness (QED) is 0.828. The van der Waals surface area contributed by atoms with Crippen LogP contribution in [0, 0.1) is 12.7 Å². The standard InChI is InChI=1S/C20H20FN3O/c1-13-11-14(7-8-18(13)24-9-2-3-10-24)22-12-15-19-16(21)5-4-6-17(19)23-20(15)25/h4-8,11-12,22H,2-3,9-10H2,1H3,(H,23,25). The molecule has 1 saturated heterocycles. The van der Waals surface area contributed by atoms with Gasteiger partial charge in [0.05, 0.1) is 11.3 Å². The van der Waals surface area contributed by atoms with E-state index in [9.17, 15) is 9.18 Å². The number of fused-ring (bicyclic) bond motifs is 1. The highest BCUT2D eigenvalue weighted by Gasteiger charge is 2.27. The van der Waals surface area contributed by atoms with Gasteiger partial charge in [-0.1, -0.05) is 6.07 Å². The van der Waals surface area contributed by atoms with Crippen LogP contribution in [0.4, 0.5) is 21.5 Å². The first-order valence-electron chi connectivity index (χ1n) is 8.56. The van der Waals surface area contributed by atoms with E-state index in [-0.39, 0.29) is 5.91 Å². The van der Waals surface area contributed by atoms with Crippen LogP contribution in [0.5, 0.6) is 0 Å². The number of carbonyl (C=O) groups excluding carboxylic acids is 1. The van der Waals surface area contributed by atoms with Gasteiger partial charge in [0.25, 0.3) is 5.91 Å². The molecule has 0 unspecified atom stereocenters. The van der Waals surface area contributed by atoms with Crippen molar-refractivity contribution in [3.05, 3.63) is 59.5 Å². The predicted molar refractivity (Wildman–Crippen MR) is 99.3 cm³/mol. The van der Waals surface area contributed by atoms with Crippen molar-refractivity contribution in [3.63, 3.8) is 0 Å². The van der Waals surface area contributed by atoms with Crippen molar-refractivity contribution in [3.8, 4) is 0 Å². The molecule has 0 aromatic heterocycles. The van der Waals surface area contributed by atoms with Crippen molar-refractivity contribution in [2.45, 2.75) is 19.8 Å². The first kappa shape index (κ1) is 15.7. The van der Waals surface area contributed by atoms with Crippen LogP contribution < -0.4 is 15.5 Å². The molecule has 2 aromatic rings. The van der Waals surface area contributed by atoms with Crippen molar-refractivity contribution in [2.24, 2.45) is 0 Å². The number of carbonyl (C=O) groups is 1. The molecule has 2 aliphatic heterocycles. The van der Waals surface area contributed by atoms with Crippen molar-refractivity contribution in [2.75, 3.05) is 28.6 Å². The lowest BCUT2D eigenvalue weighted by atomic mass is 10.1. The fourth-order valence-electron chi connectivity index (χ4n) is 3.56. The SMILES string of the molecule is Cc1cc(NC=C2C(=O)Nc3cccc(F)c32)ccc1N1CCCC1. The fourth-order valence-corrected chi connectivity index (χ4v) is 3.56. The summed E-state index contributed by atoms with van der Waals surface area (Å²) in [6, 6.07) is 10.8. The van der Waals surface area contributed by atoms with Gasteiger partial charge in [-0.25, -0.2) is 4.39 Å². The molecule has 4 rings (SSSR count). The molecule has 25 heavy (non-hydrogen) atoms. The Bertz CT molecular complexity index is 869. The lowest BCUT2D eigenvalue weighted by Crippen LogP contribution is -2.18. The summed E-state index contributed by atoms with van der Waals surface area (Å²) in [5.41, 5.74) is 4.47. The normalized spacial score (nSPS) is 17.8. The van der Waals surface area contributed by atoms with Crippen molar-refractivity contribution in [1.29, 1.82) is 0 Å². The second kappa shape index (κ2) is 6.24. The molecule has 4 nitrogen and oxygen atoms in total. The lowest BCUT2D eigenvalue weighted by molar-refractivity contribution is -0.110. The van der Waals surface area contributed by atoms with E-state index in [0.29, 0.717) is 16.8 Å². The Morgan fingerprint density at radius 2 is 2.00 bits per heavy atom. The van der Waals surface area contributed by atoms with Gasteiger partial charge in [0.2, 0.25) is 0 Å². The zero-order chi connectivity index (χ0) is 17.4. The molecule has 2 N–H and O–H groups in total. The second-order valence-electron chi connectivity index (χ2n) is 6.51. The molecule has 2 aromatic carbocycles. The number of nitrogens with zero attached hydrogens (tertiary/aromatic N) is 1. The Labute approximate surface area is 146 Å². The van der Waals surface area contributed by atoms with Crippen LogP contribution in [-0.4, -0.2) is 19.0 Å². The van der Waals surface area contributed by atoms with Gasteiger partial charge >= 0.3 is 0 Å². The van der Waals surface area contributed by atoms with E-state index in [1.807, 2.05) is 6.07 Å². The van der Waals surface area contributed by atoms with Gasteiger partial charge in [-0.3, -0.25) is 4.79 Å². The number of nitrogens with one attached hydrogen (secondary N) is 2. The Balaban J connectivity index is 1.58. The van der Waals surface area contributed by atoms with Crippen LogP contribution in [0.3, 0.4) is 0 Å². The van der Waals surface area contributed by atoms with E-state index in [4.69, 9.17) is 0 Å². The minimum atomic E-state index is -0.399. The number of rotatable bonds is 3. The third kappa shape index (κ3) is 2.86. The Morgan fingerprint density at radius 1 is 1.20 bits per heavy atom. The highest BCUT2D eigenvalue weighted by atomic mass is 19.1. The van der Waals surface area contributed by atoms with Gasteiger partial charge in [0, 0.05) is 36.2 Å². The van der Waals surface area contributed by atoms with E-state index in [0.717, 1.165) is 18.8 Å². The molecule has 0 radical (unpaired) electrons. The number of hydrogen-bond acceptors (Lipinski definition) is 3. The molecular formula is C20H20FN3O. The van der Waals surface area contributed by atoms with Gasteiger partial charge in [-0.15, -0.1) is 0 Å². The van der Waals surface area contributed by atoms with E-state index in [2.05, 4.69) is 34.6 Å². The summed E-state index contributed by atoms with van der Waals surface area (Å²) in [5, 5.41) is 5.82. The molecule has 0 bridgehead atoms. The molecule has 128 valence electrons. The second-order valence-corrected chi connectivity index (χ2v) is 6.51. The lowest BCUT2D eigenvalue weighted by Gasteiger charge is -2.20. The summed E-state index contributed by atoms with van der Waals surface area (Å²) < 4.78 is 14.1. The molecule has 1 fully saturated rings.